The van der Waals surface area contributed by atoms with Gasteiger partial charge in [0.15, 0.2) is 5.78 Å². The Kier molecular flexibility index (Phi) is 4.16. The molecular formula is C13H14N2O3. The fraction of sp³-hybridized carbons (Fsp3) is 0.385. The number of carbonyl (C=O) groups is 1. The van der Waals surface area contributed by atoms with Gasteiger partial charge in [-0.2, -0.15) is 5.26 Å². The highest BCUT2D eigenvalue weighted by atomic mass is 16.6. The van der Waals surface area contributed by atoms with Crippen LogP contribution in [-0.4, -0.2) is 10.7 Å². The Balaban J connectivity index is 3.19. The van der Waals surface area contributed by atoms with Crippen LogP contribution in [0.3, 0.4) is 0 Å². The zero-order valence-electron chi connectivity index (χ0n) is 10.5. The van der Waals surface area contributed by atoms with E-state index in [1.54, 1.807) is 20.8 Å². The van der Waals surface area contributed by atoms with Gasteiger partial charge in [0.2, 0.25) is 0 Å². The number of hydrogen-bond acceptors (Lipinski definition) is 4. The Morgan fingerprint density at radius 1 is 1.44 bits per heavy atom. The molecule has 0 aliphatic heterocycles. The molecular weight excluding hydrogens is 232 g/mol. The van der Waals surface area contributed by atoms with Crippen LogP contribution in [0.15, 0.2) is 18.2 Å². The molecule has 0 aromatic heterocycles. The van der Waals surface area contributed by atoms with Crippen molar-refractivity contribution in [1.82, 2.24) is 0 Å². The molecule has 0 saturated heterocycles. The maximum Gasteiger partial charge on any atom is 0.273 e. The number of nitrogens with zero attached hydrogens (tertiary/aromatic N) is 2. The van der Waals surface area contributed by atoms with E-state index in [9.17, 15) is 14.9 Å². The molecule has 1 aromatic rings. The first kappa shape index (κ1) is 13.8. The summed E-state index contributed by atoms with van der Waals surface area (Å²) in [5, 5.41) is 19.8. The maximum atomic E-state index is 12.1. The molecule has 5 nitrogen and oxygen atoms in total. The average molecular weight is 246 g/mol. The highest BCUT2D eigenvalue weighted by molar-refractivity contribution is 6.00. The standard InChI is InChI=1S/C13H14N2O3/c1-8(2)11(7-14)13(16)10-5-4-9(3)12(6-10)15(17)18/h4-6,8,11H,1-3H3. The van der Waals surface area contributed by atoms with Crippen molar-refractivity contribution in [2.24, 2.45) is 11.8 Å². The minimum atomic E-state index is -0.771. The predicted molar refractivity (Wildman–Crippen MR) is 66.1 cm³/mol. The lowest BCUT2D eigenvalue weighted by molar-refractivity contribution is -0.385. The second-order valence-corrected chi connectivity index (χ2v) is 4.47. The summed E-state index contributed by atoms with van der Waals surface area (Å²) in [6.07, 6.45) is 0. The third kappa shape index (κ3) is 2.72. The lowest BCUT2D eigenvalue weighted by Crippen LogP contribution is -2.18. The van der Waals surface area contributed by atoms with Crippen LogP contribution in [0, 0.1) is 40.2 Å². The molecule has 0 fully saturated rings. The summed E-state index contributed by atoms with van der Waals surface area (Å²) in [7, 11) is 0. The van der Waals surface area contributed by atoms with Gasteiger partial charge in [-0.3, -0.25) is 14.9 Å². The summed E-state index contributed by atoms with van der Waals surface area (Å²) in [4.78, 5) is 22.3. The number of rotatable bonds is 4. The number of aryl methyl sites for hydroxylation is 1. The zero-order chi connectivity index (χ0) is 13.9. The van der Waals surface area contributed by atoms with Crippen molar-refractivity contribution in [3.8, 4) is 6.07 Å². The number of nitriles is 1. The van der Waals surface area contributed by atoms with E-state index < -0.39 is 10.8 Å². The highest BCUT2D eigenvalue weighted by Crippen LogP contribution is 2.23. The van der Waals surface area contributed by atoms with Crippen LogP contribution < -0.4 is 0 Å². The molecule has 1 atom stereocenters. The van der Waals surface area contributed by atoms with Gasteiger partial charge in [0.25, 0.3) is 5.69 Å². The van der Waals surface area contributed by atoms with E-state index in [-0.39, 0.29) is 23.0 Å². The number of nitro groups is 1. The van der Waals surface area contributed by atoms with Gasteiger partial charge in [-0.1, -0.05) is 26.0 Å². The SMILES string of the molecule is Cc1ccc(C(=O)C(C#N)C(C)C)cc1[N+](=O)[O-]. The summed E-state index contributed by atoms with van der Waals surface area (Å²) in [5.41, 5.74) is 0.614. The minimum absolute atomic E-state index is 0.0960. The van der Waals surface area contributed by atoms with Gasteiger partial charge in [-0.25, -0.2) is 0 Å². The molecule has 0 heterocycles. The second kappa shape index (κ2) is 5.41. The van der Waals surface area contributed by atoms with Gasteiger partial charge >= 0.3 is 0 Å². The molecule has 0 aliphatic carbocycles. The monoisotopic (exact) mass is 246 g/mol. The lowest BCUT2D eigenvalue weighted by Gasteiger charge is -2.11. The van der Waals surface area contributed by atoms with Gasteiger partial charge in [0.05, 0.1) is 11.0 Å². The highest BCUT2D eigenvalue weighted by Gasteiger charge is 2.24. The summed E-state index contributed by atoms with van der Waals surface area (Å²) < 4.78 is 0. The van der Waals surface area contributed by atoms with Gasteiger partial charge in [-0.15, -0.1) is 0 Å². The topological polar surface area (TPSA) is 84.0 Å². The van der Waals surface area contributed by atoms with Crippen molar-refractivity contribution in [2.45, 2.75) is 20.8 Å². The van der Waals surface area contributed by atoms with Crippen LogP contribution in [0.2, 0.25) is 0 Å². The predicted octanol–water partition coefficient (Wildman–Crippen LogP) is 2.88. The van der Waals surface area contributed by atoms with Crippen molar-refractivity contribution in [2.75, 3.05) is 0 Å². The average Bonchev–Trinajstić information content (AvgIpc) is 2.29. The van der Waals surface area contributed by atoms with E-state index in [0.717, 1.165) is 0 Å². The maximum absolute atomic E-state index is 12.1. The Hall–Kier alpha value is -2.22. The van der Waals surface area contributed by atoms with E-state index in [0.29, 0.717) is 5.56 Å². The van der Waals surface area contributed by atoms with Crippen LogP contribution in [0.25, 0.3) is 0 Å². The number of hydrogen-bond donors (Lipinski definition) is 0. The van der Waals surface area contributed by atoms with Crippen molar-refractivity contribution in [1.29, 1.82) is 5.26 Å². The van der Waals surface area contributed by atoms with Crippen molar-refractivity contribution < 1.29 is 9.72 Å². The van der Waals surface area contributed by atoms with Crippen LogP contribution in [0.4, 0.5) is 5.69 Å². The number of ketones is 1. The molecule has 1 aromatic carbocycles. The summed E-state index contributed by atoms with van der Waals surface area (Å²) in [6.45, 7) is 5.15. The van der Waals surface area contributed by atoms with E-state index in [1.807, 2.05) is 6.07 Å². The third-order valence-electron chi connectivity index (χ3n) is 2.78. The smallest absolute Gasteiger partial charge is 0.273 e. The number of carbonyl (C=O) groups excluding carboxylic acids is 1. The quantitative estimate of drug-likeness (QED) is 0.464. The molecule has 0 spiro atoms. The van der Waals surface area contributed by atoms with Gasteiger partial charge < -0.3 is 0 Å². The second-order valence-electron chi connectivity index (χ2n) is 4.47. The molecule has 0 amide bonds. The molecule has 0 aliphatic rings. The summed E-state index contributed by atoms with van der Waals surface area (Å²) in [6, 6.07) is 6.24. The fourth-order valence-corrected chi connectivity index (χ4v) is 1.65. The molecule has 94 valence electrons. The van der Waals surface area contributed by atoms with Gasteiger partial charge in [-0.05, 0) is 12.8 Å². The molecule has 1 rings (SSSR count). The van der Waals surface area contributed by atoms with E-state index in [1.165, 1.54) is 18.2 Å². The third-order valence-corrected chi connectivity index (χ3v) is 2.78. The van der Waals surface area contributed by atoms with Crippen LogP contribution in [0.5, 0.6) is 0 Å². The largest absolute Gasteiger partial charge is 0.293 e. The van der Waals surface area contributed by atoms with Crippen molar-refractivity contribution in [3.63, 3.8) is 0 Å². The Bertz CT molecular complexity index is 530. The first-order valence-corrected chi connectivity index (χ1v) is 5.57. The number of Topliss-reactive ketones (excluding diaryl/α,β-unsaturated/α-hetero) is 1. The summed E-state index contributed by atoms with van der Waals surface area (Å²) >= 11 is 0. The first-order valence-electron chi connectivity index (χ1n) is 5.57. The molecule has 5 heteroatoms. The van der Waals surface area contributed by atoms with Crippen LogP contribution in [0.1, 0.15) is 29.8 Å². The van der Waals surface area contributed by atoms with Crippen molar-refractivity contribution in [3.05, 3.63) is 39.4 Å². The van der Waals surface area contributed by atoms with Crippen molar-refractivity contribution >= 4 is 11.5 Å². The Morgan fingerprint density at radius 3 is 2.50 bits per heavy atom. The fourth-order valence-electron chi connectivity index (χ4n) is 1.65. The Labute approximate surface area is 105 Å². The molecule has 0 saturated carbocycles. The van der Waals surface area contributed by atoms with E-state index in [4.69, 9.17) is 5.26 Å². The summed E-state index contributed by atoms with van der Waals surface area (Å²) in [5.74, 6) is -1.26. The normalized spacial score (nSPS) is 11.9. The van der Waals surface area contributed by atoms with Gasteiger partial charge in [0.1, 0.15) is 5.92 Å². The van der Waals surface area contributed by atoms with Crippen LogP contribution in [-0.2, 0) is 0 Å². The Morgan fingerprint density at radius 2 is 2.06 bits per heavy atom. The van der Waals surface area contributed by atoms with Crippen LogP contribution >= 0.6 is 0 Å². The first-order chi connectivity index (χ1) is 8.38. The number of nitro benzene ring substituents is 1. The molecule has 0 bridgehead atoms. The molecule has 0 radical (unpaired) electrons. The number of benzene rings is 1. The molecule has 1 unspecified atom stereocenters. The molecule has 18 heavy (non-hydrogen) atoms. The lowest BCUT2D eigenvalue weighted by atomic mass is 9.89. The van der Waals surface area contributed by atoms with Gasteiger partial charge in [0, 0.05) is 17.2 Å². The minimum Gasteiger partial charge on any atom is -0.293 e. The molecule has 0 N–H and O–H groups in total. The van der Waals surface area contributed by atoms with E-state index in [2.05, 4.69) is 0 Å². The zero-order valence-corrected chi connectivity index (χ0v) is 10.5. The van der Waals surface area contributed by atoms with E-state index >= 15 is 0 Å².